The number of carbonyl (C=O) groups excluding carboxylic acids is 1. The maximum Gasteiger partial charge on any atom is 0.341 e. The lowest BCUT2D eigenvalue weighted by molar-refractivity contribution is 0.0453. The van der Waals surface area contributed by atoms with Crippen LogP contribution in [-0.2, 0) is 18.4 Å². The van der Waals surface area contributed by atoms with Crippen molar-refractivity contribution in [1.29, 1.82) is 0 Å². The SMILES string of the molecule is Cn1ncnc1COC(=O)c1ccccc1F. The molecular weight excluding hydrogens is 225 g/mol. The van der Waals surface area contributed by atoms with Gasteiger partial charge in [0.05, 0.1) is 5.56 Å². The van der Waals surface area contributed by atoms with Gasteiger partial charge in [-0.15, -0.1) is 0 Å². The third-order valence-corrected chi connectivity index (χ3v) is 2.23. The van der Waals surface area contributed by atoms with Gasteiger partial charge in [0.25, 0.3) is 0 Å². The molecule has 0 aliphatic carbocycles. The van der Waals surface area contributed by atoms with Crippen molar-refractivity contribution in [3.63, 3.8) is 0 Å². The van der Waals surface area contributed by atoms with E-state index < -0.39 is 11.8 Å². The summed E-state index contributed by atoms with van der Waals surface area (Å²) in [5.74, 6) is -0.823. The number of nitrogens with zero attached hydrogens (tertiary/aromatic N) is 3. The van der Waals surface area contributed by atoms with Crippen LogP contribution in [0.3, 0.4) is 0 Å². The third-order valence-electron chi connectivity index (χ3n) is 2.23. The van der Waals surface area contributed by atoms with Crippen LogP contribution >= 0.6 is 0 Å². The molecule has 0 saturated heterocycles. The number of rotatable bonds is 3. The molecular formula is C11H10FN3O2. The Morgan fingerprint density at radius 2 is 2.24 bits per heavy atom. The van der Waals surface area contributed by atoms with Gasteiger partial charge in [-0.3, -0.25) is 4.68 Å². The van der Waals surface area contributed by atoms with Crippen LogP contribution in [0.15, 0.2) is 30.6 Å². The van der Waals surface area contributed by atoms with Crippen molar-refractivity contribution < 1.29 is 13.9 Å². The van der Waals surface area contributed by atoms with Gasteiger partial charge in [0.1, 0.15) is 12.1 Å². The maximum absolute atomic E-state index is 13.3. The van der Waals surface area contributed by atoms with E-state index in [1.807, 2.05) is 0 Å². The minimum Gasteiger partial charge on any atom is -0.454 e. The average Bonchev–Trinajstić information content (AvgIpc) is 2.72. The highest BCUT2D eigenvalue weighted by molar-refractivity contribution is 5.89. The van der Waals surface area contributed by atoms with Crippen molar-refractivity contribution in [3.8, 4) is 0 Å². The molecule has 1 aromatic heterocycles. The van der Waals surface area contributed by atoms with Crippen LogP contribution < -0.4 is 0 Å². The Hall–Kier alpha value is -2.24. The second-order valence-electron chi connectivity index (χ2n) is 3.36. The molecule has 0 fully saturated rings. The van der Waals surface area contributed by atoms with Gasteiger partial charge in [0, 0.05) is 7.05 Å². The second kappa shape index (κ2) is 4.73. The smallest absolute Gasteiger partial charge is 0.341 e. The first-order valence-corrected chi connectivity index (χ1v) is 4.93. The van der Waals surface area contributed by atoms with E-state index in [0.717, 1.165) is 0 Å². The zero-order chi connectivity index (χ0) is 12.3. The zero-order valence-corrected chi connectivity index (χ0v) is 9.13. The van der Waals surface area contributed by atoms with Gasteiger partial charge in [0.2, 0.25) is 0 Å². The van der Waals surface area contributed by atoms with E-state index in [1.54, 1.807) is 13.1 Å². The summed E-state index contributed by atoms with van der Waals surface area (Å²) in [7, 11) is 1.68. The highest BCUT2D eigenvalue weighted by Crippen LogP contribution is 2.08. The number of benzene rings is 1. The van der Waals surface area contributed by atoms with Gasteiger partial charge >= 0.3 is 5.97 Å². The lowest BCUT2D eigenvalue weighted by Crippen LogP contribution is -2.10. The molecule has 0 atom stereocenters. The van der Waals surface area contributed by atoms with Crippen molar-refractivity contribution in [3.05, 3.63) is 47.8 Å². The van der Waals surface area contributed by atoms with Gasteiger partial charge in [-0.1, -0.05) is 12.1 Å². The lowest BCUT2D eigenvalue weighted by Gasteiger charge is -2.04. The van der Waals surface area contributed by atoms with E-state index >= 15 is 0 Å². The van der Waals surface area contributed by atoms with Gasteiger partial charge in [-0.05, 0) is 12.1 Å². The van der Waals surface area contributed by atoms with Crippen LogP contribution in [0.2, 0.25) is 0 Å². The molecule has 0 radical (unpaired) electrons. The van der Waals surface area contributed by atoms with Crippen molar-refractivity contribution >= 4 is 5.97 Å². The van der Waals surface area contributed by atoms with E-state index in [4.69, 9.17) is 4.74 Å². The fourth-order valence-electron chi connectivity index (χ4n) is 1.29. The molecule has 0 unspecified atom stereocenters. The Labute approximate surface area is 96.9 Å². The predicted molar refractivity (Wildman–Crippen MR) is 56.5 cm³/mol. The first-order valence-electron chi connectivity index (χ1n) is 4.93. The fourth-order valence-corrected chi connectivity index (χ4v) is 1.29. The number of hydrogen-bond donors (Lipinski definition) is 0. The molecule has 0 amide bonds. The summed E-state index contributed by atoms with van der Waals surface area (Å²) >= 11 is 0. The number of hydrogen-bond acceptors (Lipinski definition) is 4. The Morgan fingerprint density at radius 1 is 1.47 bits per heavy atom. The van der Waals surface area contributed by atoms with Crippen molar-refractivity contribution in [2.45, 2.75) is 6.61 Å². The molecule has 0 N–H and O–H groups in total. The number of aromatic nitrogens is 3. The number of halogens is 1. The van der Waals surface area contributed by atoms with Crippen LogP contribution in [0.5, 0.6) is 0 Å². The van der Waals surface area contributed by atoms with E-state index in [0.29, 0.717) is 5.82 Å². The predicted octanol–water partition coefficient (Wildman–Crippen LogP) is 1.31. The van der Waals surface area contributed by atoms with Crippen LogP contribution in [-0.4, -0.2) is 20.7 Å². The molecule has 5 nitrogen and oxygen atoms in total. The second-order valence-corrected chi connectivity index (χ2v) is 3.36. The van der Waals surface area contributed by atoms with E-state index in [1.165, 1.54) is 29.2 Å². The zero-order valence-electron chi connectivity index (χ0n) is 9.13. The molecule has 17 heavy (non-hydrogen) atoms. The largest absolute Gasteiger partial charge is 0.454 e. The molecule has 1 aromatic carbocycles. The summed E-state index contributed by atoms with van der Waals surface area (Å²) in [6.07, 6.45) is 1.35. The van der Waals surface area contributed by atoms with Crippen LogP contribution in [0.25, 0.3) is 0 Å². The minimum absolute atomic E-state index is 0.0380. The Balaban J connectivity index is 2.04. The molecule has 0 bridgehead atoms. The van der Waals surface area contributed by atoms with Gasteiger partial charge in [-0.2, -0.15) is 5.10 Å². The van der Waals surface area contributed by atoms with Crippen molar-refractivity contribution in [1.82, 2.24) is 14.8 Å². The monoisotopic (exact) mass is 235 g/mol. The number of aryl methyl sites for hydroxylation is 1. The Morgan fingerprint density at radius 3 is 2.88 bits per heavy atom. The number of ether oxygens (including phenoxy) is 1. The summed E-state index contributed by atoms with van der Waals surface area (Å²) in [6.45, 7) is -0.0380. The van der Waals surface area contributed by atoms with Crippen molar-refractivity contribution in [2.75, 3.05) is 0 Å². The van der Waals surface area contributed by atoms with Gasteiger partial charge in [-0.25, -0.2) is 14.2 Å². The van der Waals surface area contributed by atoms with E-state index in [2.05, 4.69) is 10.1 Å². The van der Waals surface area contributed by atoms with E-state index in [9.17, 15) is 9.18 Å². The topological polar surface area (TPSA) is 57.0 Å². The quantitative estimate of drug-likeness (QED) is 0.753. The summed E-state index contributed by atoms with van der Waals surface area (Å²) in [4.78, 5) is 15.4. The van der Waals surface area contributed by atoms with Crippen LogP contribution in [0.4, 0.5) is 4.39 Å². The molecule has 1 heterocycles. The van der Waals surface area contributed by atoms with Crippen LogP contribution in [0.1, 0.15) is 16.2 Å². The van der Waals surface area contributed by atoms with E-state index in [-0.39, 0.29) is 12.2 Å². The first kappa shape index (κ1) is 11.3. The Bertz CT molecular complexity index is 539. The summed E-state index contributed by atoms with van der Waals surface area (Å²) < 4.78 is 19.7. The molecule has 6 heteroatoms. The molecule has 0 aliphatic rings. The van der Waals surface area contributed by atoms with Gasteiger partial charge in [0.15, 0.2) is 12.4 Å². The lowest BCUT2D eigenvalue weighted by atomic mass is 10.2. The molecule has 0 saturated carbocycles. The third kappa shape index (κ3) is 2.47. The molecule has 2 rings (SSSR count). The van der Waals surface area contributed by atoms with Gasteiger partial charge < -0.3 is 4.74 Å². The summed E-state index contributed by atoms with van der Waals surface area (Å²) in [6, 6.07) is 5.66. The number of carbonyl (C=O) groups is 1. The summed E-state index contributed by atoms with van der Waals surface area (Å²) in [5.41, 5.74) is -0.0883. The molecule has 0 spiro atoms. The first-order chi connectivity index (χ1) is 8.18. The minimum atomic E-state index is -0.717. The number of esters is 1. The normalized spacial score (nSPS) is 10.2. The van der Waals surface area contributed by atoms with Crippen LogP contribution in [0, 0.1) is 5.82 Å². The summed E-state index contributed by atoms with van der Waals surface area (Å²) in [5, 5.41) is 3.83. The average molecular weight is 235 g/mol. The Kier molecular flexibility index (Phi) is 3.13. The highest BCUT2D eigenvalue weighted by atomic mass is 19.1. The maximum atomic E-state index is 13.3. The molecule has 0 aliphatic heterocycles. The van der Waals surface area contributed by atoms with Crippen molar-refractivity contribution in [2.24, 2.45) is 7.05 Å². The highest BCUT2D eigenvalue weighted by Gasteiger charge is 2.13. The fraction of sp³-hybridized carbons (Fsp3) is 0.182. The molecule has 88 valence electrons. The molecule has 2 aromatic rings. The standard InChI is InChI=1S/C11H10FN3O2/c1-15-10(13-7-14-15)6-17-11(16)8-4-2-3-5-9(8)12/h2-5,7H,6H2,1H3.